The Morgan fingerprint density at radius 1 is 0.929 bits per heavy atom. The van der Waals surface area contributed by atoms with Crippen molar-refractivity contribution in [3.05, 3.63) is 38.8 Å². The summed E-state index contributed by atoms with van der Waals surface area (Å²) in [6.07, 6.45) is 0. The van der Waals surface area contributed by atoms with Crippen molar-refractivity contribution in [2.75, 3.05) is 19.1 Å². The Morgan fingerprint density at radius 2 is 1.39 bits per heavy atom. The van der Waals surface area contributed by atoms with Crippen LogP contribution in [0.15, 0.2) is 28.3 Å². The molecule has 2 aliphatic carbocycles. The van der Waals surface area contributed by atoms with Gasteiger partial charge in [-0.05, 0) is 24.6 Å². The van der Waals surface area contributed by atoms with E-state index in [-0.39, 0.29) is 10.1 Å². The van der Waals surface area contributed by atoms with Gasteiger partial charge in [0.2, 0.25) is 17.6 Å². The van der Waals surface area contributed by atoms with E-state index in [9.17, 15) is 9.59 Å². The third-order valence-corrected chi connectivity index (χ3v) is 8.96. The smallest absolute Gasteiger partial charge is 0.240 e. The van der Waals surface area contributed by atoms with Gasteiger partial charge < -0.3 is 9.47 Å². The molecule has 4 rings (SSSR count). The van der Waals surface area contributed by atoms with E-state index in [1.807, 2.05) is 6.92 Å². The Hall–Kier alpha value is -0.530. The van der Waals surface area contributed by atoms with E-state index in [1.54, 1.807) is 12.1 Å². The van der Waals surface area contributed by atoms with E-state index in [1.165, 1.54) is 20.3 Å². The molecule has 1 saturated carbocycles. The fourth-order valence-electron chi connectivity index (χ4n) is 4.68. The minimum Gasteiger partial charge on any atom is -0.350 e. The largest absolute Gasteiger partial charge is 0.350 e. The first kappa shape index (κ1) is 20.7. The first-order chi connectivity index (χ1) is 13.0. The first-order valence-electron chi connectivity index (χ1n) is 8.22. The van der Waals surface area contributed by atoms with Crippen molar-refractivity contribution in [2.45, 2.75) is 22.5 Å². The van der Waals surface area contributed by atoms with Gasteiger partial charge in [-0.1, -0.05) is 40.9 Å². The summed E-state index contributed by atoms with van der Waals surface area (Å²) in [5.74, 6) is -5.21. The molecule has 1 aromatic rings. The number of imide groups is 1. The summed E-state index contributed by atoms with van der Waals surface area (Å²) in [5, 5.41) is 0.276. The molecule has 10 heteroatoms. The van der Waals surface area contributed by atoms with Gasteiger partial charge in [0.1, 0.15) is 9.75 Å². The summed E-state index contributed by atoms with van der Waals surface area (Å²) < 4.78 is 11.1. The maximum atomic E-state index is 13.4. The van der Waals surface area contributed by atoms with Crippen LogP contribution in [0.1, 0.15) is 5.56 Å². The number of halogens is 5. The molecule has 3 aliphatic rings. The highest BCUT2D eigenvalue weighted by Crippen LogP contribution is 2.75. The number of carbonyl (C=O) groups excluding carboxylic acids is 2. The summed E-state index contributed by atoms with van der Waals surface area (Å²) in [4.78, 5) is 24.3. The zero-order chi connectivity index (χ0) is 20.8. The van der Waals surface area contributed by atoms with Crippen molar-refractivity contribution in [1.29, 1.82) is 0 Å². The fraction of sp³-hybridized carbons (Fsp3) is 0.444. The van der Waals surface area contributed by atoms with Gasteiger partial charge in [0, 0.05) is 19.2 Å². The maximum absolute atomic E-state index is 13.4. The van der Waals surface area contributed by atoms with Gasteiger partial charge in [-0.2, -0.15) is 0 Å². The third kappa shape index (κ3) is 1.95. The molecule has 4 atom stereocenters. The molecule has 28 heavy (non-hydrogen) atoms. The molecule has 1 aromatic carbocycles. The number of nitrogens with zero attached hydrogens (tertiary/aromatic N) is 1. The average molecular weight is 486 g/mol. The number of hydrogen-bond donors (Lipinski definition) is 0. The predicted octanol–water partition coefficient (Wildman–Crippen LogP) is 4.41. The van der Waals surface area contributed by atoms with Gasteiger partial charge in [0.25, 0.3) is 0 Å². The van der Waals surface area contributed by atoms with Crippen LogP contribution in [-0.4, -0.2) is 41.6 Å². The van der Waals surface area contributed by atoms with Gasteiger partial charge in [-0.3, -0.25) is 9.59 Å². The molecule has 5 nitrogen and oxygen atoms in total. The van der Waals surface area contributed by atoms with Crippen molar-refractivity contribution < 1.29 is 19.1 Å². The van der Waals surface area contributed by atoms with Crippen LogP contribution < -0.4 is 4.90 Å². The number of methoxy groups -OCH3 is 2. The van der Waals surface area contributed by atoms with E-state index < -0.39 is 39.2 Å². The lowest BCUT2D eigenvalue weighted by molar-refractivity contribution is -0.221. The molecule has 2 bridgehead atoms. The first-order valence-corrected chi connectivity index (χ1v) is 10.1. The lowest BCUT2D eigenvalue weighted by Crippen LogP contribution is -2.60. The van der Waals surface area contributed by atoms with E-state index in [4.69, 9.17) is 67.5 Å². The monoisotopic (exact) mass is 483 g/mol. The van der Waals surface area contributed by atoms with Gasteiger partial charge in [0.15, 0.2) is 0 Å². The Bertz CT molecular complexity index is 915. The summed E-state index contributed by atoms with van der Waals surface area (Å²) >= 11 is 32.8. The van der Waals surface area contributed by atoms with Crippen molar-refractivity contribution in [3.8, 4) is 0 Å². The van der Waals surface area contributed by atoms with Crippen LogP contribution in [0, 0.1) is 18.8 Å². The van der Waals surface area contributed by atoms with Crippen LogP contribution in [0.3, 0.4) is 0 Å². The lowest BCUT2D eigenvalue weighted by atomic mass is 9.84. The zero-order valence-electron chi connectivity index (χ0n) is 14.9. The molecule has 1 saturated heterocycles. The second-order valence-corrected chi connectivity index (χ2v) is 9.33. The molecule has 0 N–H and O–H groups in total. The molecule has 2 fully saturated rings. The molecular formula is C18H14Cl5NO4. The molecule has 0 aromatic heterocycles. The molecule has 1 aliphatic heterocycles. The van der Waals surface area contributed by atoms with Crippen LogP contribution in [0.5, 0.6) is 0 Å². The maximum Gasteiger partial charge on any atom is 0.240 e. The van der Waals surface area contributed by atoms with Crippen molar-refractivity contribution in [1.82, 2.24) is 0 Å². The highest BCUT2D eigenvalue weighted by molar-refractivity contribution is 6.54. The number of anilines is 1. The average Bonchev–Trinajstić information content (AvgIpc) is 3.08. The highest BCUT2D eigenvalue weighted by atomic mass is 35.5. The second-order valence-electron chi connectivity index (χ2n) is 6.98. The molecule has 0 radical (unpaired) electrons. The van der Waals surface area contributed by atoms with E-state index in [0.29, 0.717) is 10.7 Å². The normalized spacial score (nSPS) is 35.9. The number of rotatable bonds is 3. The van der Waals surface area contributed by atoms with Crippen LogP contribution in [0.2, 0.25) is 5.02 Å². The summed E-state index contributed by atoms with van der Waals surface area (Å²) in [7, 11) is 2.62. The lowest BCUT2D eigenvalue weighted by Gasteiger charge is -2.42. The summed E-state index contributed by atoms with van der Waals surface area (Å²) in [6.45, 7) is 1.81. The van der Waals surface area contributed by atoms with Gasteiger partial charge >= 0.3 is 0 Å². The molecule has 150 valence electrons. The number of ether oxygens (including phenoxy) is 2. The number of alkyl halides is 2. The summed E-state index contributed by atoms with van der Waals surface area (Å²) in [6, 6.07) is 4.87. The number of hydrogen-bond acceptors (Lipinski definition) is 4. The molecular weight excluding hydrogens is 471 g/mol. The number of fused-ring (bicyclic) bond motifs is 5. The Kier molecular flexibility index (Phi) is 4.62. The summed E-state index contributed by atoms with van der Waals surface area (Å²) in [5.41, 5.74) is 1.12. The predicted molar refractivity (Wildman–Crippen MR) is 108 cm³/mol. The van der Waals surface area contributed by atoms with Crippen LogP contribution in [0.25, 0.3) is 0 Å². The van der Waals surface area contributed by atoms with Crippen LogP contribution >= 0.6 is 58.0 Å². The van der Waals surface area contributed by atoms with Gasteiger partial charge in [-0.15, -0.1) is 23.2 Å². The minimum atomic E-state index is -1.80. The number of aryl methyl sites for hydroxylation is 1. The van der Waals surface area contributed by atoms with E-state index in [2.05, 4.69) is 0 Å². The molecule has 2 amide bonds. The quantitative estimate of drug-likeness (QED) is 0.362. The van der Waals surface area contributed by atoms with Crippen LogP contribution in [-0.2, 0) is 19.1 Å². The Balaban J connectivity index is 1.92. The molecule has 0 unspecified atom stereocenters. The number of carbonyl (C=O) groups is 2. The van der Waals surface area contributed by atoms with Crippen molar-refractivity contribution >= 4 is 75.5 Å². The zero-order valence-corrected chi connectivity index (χ0v) is 18.6. The topological polar surface area (TPSA) is 55.8 Å². The molecule has 0 spiro atoms. The van der Waals surface area contributed by atoms with Crippen molar-refractivity contribution in [2.24, 2.45) is 11.8 Å². The fourth-order valence-corrected chi connectivity index (χ4v) is 7.02. The van der Waals surface area contributed by atoms with Gasteiger partial charge in [0.05, 0.1) is 27.6 Å². The van der Waals surface area contributed by atoms with E-state index in [0.717, 1.165) is 10.5 Å². The van der Waals surface area contributed by atoms with Crippen molar-refractivity contribution in [3.63, 3.8) is 0 Å². The highest BCUT2D eigenvalue weighted by Gasteiger charge is 2.89. The standard InChI is InChI=1S/C18H14Cl5NO4/c1-7-4-5-8(6-9(7)19)24-14(25)10-11(15(24)26)17(23)13(21)12(20)16(10,22)18(17,27-2)28-3/h4-6,10-11H,1-3H3/t10-,11-,16-,17-/m0/s1. The third-order valence-electron chi connectivity index (χ3n) is 5.94. The second kappa shape index (κ2) is 6.24. The van der Waals surface area contributed by atoms with E-state index >= 15 is 0 Å². The molecule has 1 heterocycles. The minimum absolute atomic E-state index is 0.0688. The Labute approximate surface area is 186 Å². The van der Waals surface area contributed by atoms with Crippen LogP contribution in [0.4, 0.5) is 5.69 Å². The number of benzene rings is 1. The SMILES string of the molecule is COC1(OC)[C@@]2(Cl)C(Cl)=C(Cl)[C@@]1(Cl)[C@@H]1C(=O)N(c3ccc(C)c(Cl)c3)C(=O)[C@H]12. The Morgan fingerprint density at radius 3 is 1.79 bits per heavy atom. The van der Waals surface area contributed by atoms with Gasteiger partial charge in [-0.25, -0.2) is 4.90 Å². The number of amides is 2.